The fourth-order valence-electron chi connectivity index (χ4n) is 2.60. The first-order chi connectivity index (χ1) is 10.8. The van der Waals surface area contributed by atoms with Crippen LogP contribution in [0.1, 0.15) is 44.7 Å². The van der Waals surface area contributed by atoms with E-state index in [1.807, 2.05) is 20.8 Å². The second kappa shape index (κ2) is 7.82. The van der Waals surface area contributed by atoms with Gasteiger partial charge in [-0.15, -0.1) is 0 Å². The average Bonchev–Trinajstić information content (AvgIpc) is 3.20. The smallest absolute Gasteiger partial charge is 0.407 e. The van der Waals surface area contributed by atoms with Crippen LogP contribution in [0.2, 0.25) is 0 Å². The maximum Gasteiger partial charge on any atom is 0.407 e. The zero-order valence-electron chi connectivity index (χ0n) is 14.9. The molecule has 0 heterocycles. The van der Waals surface area contributed by atoms with Crippen LogP contribution in [0, 0.1) is 12.8 Å². The van der Waals surface area contributed by atoms with Crippen molar-refractivity contribution in [1.82, 2.24) is 10.2 Å². The second-order valence-corrected chi connectivity index (χ2v) is 7.60. The van der Waals surface area contributed by atoms with Crippen molar-refractivity contribution in [3.05, 3.63) is 35.4 Å². The van der Waals surface area contributed by atoms with Crippen molar-refractivity contribution < 1.29 is 9.53 Å². The third kappa shape index (κ3) is 7.51. The van der Waals surface area contributed by atoms with E-state index in [9.17, 15) is 4.79 Å². The number of alkyl carbamates (subject to hydrolysis) is 1. The Morgan fingerprint density at radius 2 is 2.09 bits per heavy atom. The Hall–Kier alpha value is -1.55. The number of ether oxygens (including phenoxy) is 1. The van der Waals surface area contributed by atoms with Crippen LogP contribution in [-0.2, 0) is 11.3 Å². The third-order valence-electron chi connectivity index (χ3n) is 3.80. The topological polar surface area (TPSA) is 41.6 Å². The van der Waals surface area contributed by atoms with Gasteiger partial charge in [-0.25, -0.2) is 4.79 Å². The van der Waals surface area contributed by atoms with E-state index in [2.05, 4.69) is 41.4 Å². The van der Waals surface area contributed by atoms with Gasteiger partial charge in [0.2, 0.25) is 0 Å². The van der Waals surface area contributed by atoms with Gasteiger partial charge in [0.25, 0.3) is 0 Å². The number of nitrogens with one attached hydrogen (secondary N) is 1. The Bertz CT molecular complexity index is 518. The second-order valence-electron chi connectivity index (χ2n) is 7.60. The van der Waals surface area contributed by atoms with Gasteiger partial charge in [0.1, 0.15) is 5.60 Å². The lowest BCUT2D eigenvalue weighted by atomic mass is 10.1. The first-order valence-corrected chi connectivity index (χ1v) is 8.56. The minimum absolute atomic E-state index is 0.334. The molecule has 1 aliphatic carbocycles. The number of nitrogens with zero attached hydrogens (tertiary/aromatic N) is 1. The Kier molecular flexibility index (Phi) is 6.05. The Morgan fingerprint density at radius 3 is 2.70 bits per heavy atom. The SMILES string of the molecule is Cc1cccc(CN(CCNC(=O)OC(C)(C)C)CC2CC2)c1. The van der Waals surface area contributed by atoms with Crippen molar-refractivity contribution in [2.24, 2.45) is 5.92 Å². The van der Waals surface area contributed by atoms with Crippen LogP contribution in [0.3, 0.4) is 0 Å². The molecule has 0 unspecified atom stereocenters. The number of hydrogen-bond acceptors (Lipinski definition) is 3. The molecule has 0 bridgehead atoms. The fraction of sp³-hybridized carbons (Fsp3) is 0.632. The van der Waals surface area contributed by atoms with Gasteiger partial charge in [-0.1, -0.05) is 29.8 Å². The molecule has 1 amide bonds. The summed E-state index contributed by atoms with van der Waals surface area (Å²) in [5, 5.41) is 2.86. The molecule has 1 aliphatic rings. The summed E-state index contributed by atoms with van der Waals surface area (Å²) in [4.78, 5) is 14.2. The van der Waals surface area contributed by atoms with Gasteiger partial charge in [-0.2, -0.15) is 0 Å². The lowest BCUT2D eigenvalue weighted by Gasteiger charge is -2.24. The van der Waals surface area contributed by atoms with Crippen LogP contribution in [0.25, 0.3) is 0 Å². The van der Waals surface area contributed by atoms with Gasteiger partial charge >= 0.3 is 6.09 Å². The molecule has 0 aliphatic heterocycles. The first-order valence-electron chi connectivity index (χ1n) is 8.56. The monoisotopic (exact) mass is 318 g/mol. The molecule has 1 aromatic carbocycles. The molecular weight excluding hydrogens is 288 g/mol. The van der Waals surface area contributed by atoms with E-state index in [-0.39, 0.29) is 6.09 Å². The normalized spacial score (nSPS) is 14.8. The summed E-state index contributed by atoms with van der Waals surface area (Å²) in [6, 6.07) is 8.65. The maximum atomic E-state index is 11.7. The number of amides is 1. The molecule has 1 N–H and O–H groups in total. The Balaban J connectivity index is 1.80. The summed E-state index contributed by atoms with van der Waals surface area (Å²) in [5.74, 6) is 0.835. The number of carbonyl (C=O) groups excluding carboxylic acids is 1. The van der Waals surface area contributed by atoms with Crippen molar-refractivity contribution in [3.8, 4) is 0 Å². The van der Waals surface area contributed by atoms with Gasteiger partial charge in [-0.3, -0.25) is 4.90 Å². The van der Waals surface area contributed by atoms with Gasteiger partial charge < -0.3 is 10.1 Å². The van der Waals surface area contributed by atoms with Crippen molar-refractivity contribution in [2.75, 3.05) is 19.6 Å². The molecule has 0 radical (unpaired) electrons. The van der Waals surface area contributed by atoms with E-state index >= 15 is 0 Å². The Labute approximate surface area is 140 Å². The molecule has 0 atom stereocenters. The van der Waals surface area contributed by atoms with Crippen LogP contribution >= 0.6 is 0 Å². The largest absolute Gasteiger partial charge is 0.444 e. The summed E-state index contributed by atoms with van der Waals surface area (Å²) in [5.41, 5.74) is 2.18. The molecule has 1 aromatic rings. The minimum Gasteiger partial charge on any atom is -0.444 e. The van der Waals surface area contributed by atoms with E-state index in [1.165, 1.54) is 24.0 Å². The molecule has 4 nitrogen and oxygen atoms in total. The lowest BCUT2D eigenvalue weighted by molar-refractivity contribution is 0.0521. The molecule has 1 saturated carbocycles. The highest BCUT2D eigenvalue weighted by Gasteiger charge is 2.24. The van der Waals surface area contributed by atoms with Crippen LogP contribution in [0.4, 0.5) is 4.79 Å². The third-order valence-corrected chi connectivity index (χ3v) is 3.80. The molecule has 4 heteroatoms. The average molecular weight is 318 g/mol. The van der Waals surface area contributed by atoms with Crippen LogP contribution < -0.4 is 5.32 Å². The quantitative estimate of drug-likeness (QED) is 0.833. The Morgan fingerprint density at radius 1 is 1.35 bits per heavy atom. The predicted octanol–water partition coefficient (Wildman–Crippen LogP) is 3.73. The summed E-state index contributed by atoms with van der Waals surface area (Å²) < 4.78 is 5.28. The van der Waals surface area contributed by atoms with E-state index in [4.69, 9.17) is 4.74 Å². The molecule has 128 valence electrons. The maximum absolute atomic E-state index is 11.7. The fourth-order valence-corrected chi connectivity index (χ4v) is 2.60. The van der Waals surface area contributed by atoms with Crippen LogP contribution in [0.5, 0.6) is 0 Å². The van der Waals surface area contributed by atoms with Gasteiger partial charge in [0, 0.05) is 26.2 Å². The number of benzene rings is 1. The minimum atomic E-state index is -0.445. The highest BCUT2D eigenvalue weighted by atomic mass is 16.6. The van der Waals surface area contributed by atoms with Crippen molar-refractivity contribution in [1.29, 1.82) is 0 Å². The number of carbonyl (C=O) groups is 1. The summed E-state index contributed by atoms with van der Waals surface area (Å²) in [7, 11) is 0. The van der Waals surface area contributed by atoms with Crippen molar-refractivity contribution in [3.63, 3.8) is 0 Å². The number of hydrogen-bond donors (Lipinski definition) is 1. The zero-order chi connectivity index (χ0) is 16.9. The highest BCUT2D eigenvalue weighted by molar-refractivity contribution is 5.67. The predicted molar refractivity (Wildman–Crippen MR) is 93.4 cm³/mol. The van der Waals surface area contributed by atoms with E-state index in [1.54, 1.807) is 0 Å². The summed E-state index contributed by atoms with van der Waals surface area (Å²) >= 11 is 0. The standard InChI is InChI=1S/C19H30N2O2/c1-15-6-5-7-17(12-15)14-21(13-16-8-9-16)11-10-20-18(22)23-19(2,3)4/h5-7,12,16H,8-11,13-14H2,1-4H3,(H,20,22). The van der Waals surface area contributed by atoms with E-state index in [0.29, 0.717) is 6.54 Å². The molecule has 23 heavy (non-hydrogen) atoms. The van der Waals surface area contributed by atoms with Crippen LogP contribution in [0.15, 0.2) is 24.3 Å². The van der Waals surface area contributed by atoms with E-state index in [0.717, 1.165) is 25.6 Å². The van der Waals surface area contributed by atoms with E-state index < -0.39 is 5.60 Å². The molecule has 0 spiro atoms. The summed E-state index contributed by atoms with van der Waals surface area (Å²) in [6.45, 7) is 11.3. The molecule has 0 saturated heterocycles. The number of aryl methyl sites for hydroxylation is 1. The first kappa shape index (κ1) is 17.8. The zero-order valence-corrected chi connectivity index (χ0v) is 14.9. The molecule has 1 fully saturated rings. The summed E-state index contributed by atoms with van der Waals surface area (Å²) in [6.07, 6.45) is 2.34. The van der Waals surface area contributed by atoms with Crippen molar-refractivity contribution >= 4 is 6.09 Å². The lowest BCUT2D eigenvalue weighted by Crippen LogP contribution is -2.38. The molecule has 0 aromatic heterocycles. The van der Waals surface area contributed by atoms with Gasteiger partial charge in [0.05, 0.1) is 0 Å². The molecule has 2 rings (SSSR count). The van der Waals surface area contributed by atoms with Crippen molar-refractivity contribution in [2.45, 2.75) is 52.7 Å². The van der Waals surface area contributed by atoms with Crippen LogP contribution in [-0.4, -0.2) is 36.2 Å². The van der Waals surface area contributed by atoms with Gasteiger partial charge in [0.15, 0.2) is 0 Å². The van der Waals surface area contributed by atoms with Gasteiger partial charge in [-0.05, 0) is 52.0 Å². The number of rotatable bonds is 7. The highest BCUT2D eigenvalue weighted by Crippen LogP contribution is 2.30. The molecular formula is C19H30N2O2.